The summed E-state index contributed by atoms with van der Waals surface area (Å²) in [7, 11) is -2.52. The first-order valence-corrected chi connectivity index (χ1v) is 6.47. The number of carbonyl (C=O) groups is 1. The molecule has 1 aromatic carbocycles. The van der Waals surface area contributed by atoms with Crippen molar-refractivity contribution in [3.63, 3.8) is 0 Å². The number of thiazole rings is 1. The molecule has 8 nitrogen and oxygen atoms in total. The van der Waals surface area contributed by atoms with Gasteiger partial charge in [0.15, 0.2) is 5.13 Å². The second kappa shape index (κ2) is 6.66. The minimum absolute atomic E-state index is 0.112. The van der Waals surface area contributed by atoms with Crippen molar-refractivity contribution < 1.29 is 18.6 Å². The van der Waals surface area contributed by atoms with E-state index in [4.69, 9.17) is 8.85 Å². The minimum Gasteiger partial charge on any atom is -0.497 e. The summed E-state index contributed by atoms with van der Waals surface area (Å²) in [5.41, 5.74) is 0.716. The number of anilines is 1. The zero-order chi connectivity index (χ0) is 17.7. The van der Waals surface area contributed by atoms with Crippen molar-refractivity contribution in [3.05, 3.63) is 46.1 Å². The van der Waals surface area contributed by atoms with Crippen LogP contribution in [0.3, 0.4) is 0 Å². The van der Waals surface area contributed by atoms with E-state index in [-0.39, 0.29) is 22.4 Å². The smallest absolute Gasteiger partial charge is 0.345 e. The molecule has 2 aromatic rings. The summed E-state index contributed by atoms with van der Waals surface area (Å²) in [5, 5.41) is 15.4. The van der Waals surface area contributed by atoms with E-state index in [1.54, 1.807) is 12.1 Å². The van der Waals surface area contributed by atoms with Crippen LogP contribution in [0, 0.1) is 10.1 Å². The number of ether oxygens (including phenoxy) is 1. The monoisotopic (exact) mass is 311 g/mol. The molecule has 2 N–H and O–H groups in total. The molecule has 1 heterocycles. The number of nitrogens with one attached hydrogen (secondary N) is 2. The highest BCUT2D eigenvalue weighted by atomic mass is 32.1. The van der Waals surface area contributed by atoms with Gasteiger partial charge in [-0.05, 0) is 29.0 Å². The Bertz CT molecular complexity index is 733. The lowest BCUT2D eigenvalue weighted by molar-refractivity contribution is -0.380. The van der Waals surface area contributed by atoms with Crippen LogP contribution in [-0.4, -0.2) is 23.0 Å². The summed E-state index contributed by atoms with van der Waals surface area (Å²) < 4.78 is 25.7. The molecule has 0 aliphatic carbocycles. The van der Waals surface area contributed by atoms with Gasteiger partial charge in [0.25, 0.3) is 0 Å². The SMILES string of the molecule is [2H]C([2H])([2H])Oc1ccc(CNC(=O)Nc2ncc([N+](=O)[O-])s2)cc1. The summed E-state index contributed by atoms with van der Waals surface area (Å²) in [6.45, 7) is 0.174. The average Bonchev–Trinajstić information content (AvgIpc) is 2.93. The van der Waals surface area contributed by atoms with Gasteiger partial charge >= 0.3 is 11.0 Å². The van der Waals surface area contributed by atoms with Crippen LogP contribution in [0.4, 0.5) is 14.9 Å². The third kappa shape index (κ3) is 4.14. The Hall–Kier alpha value is -2.68. The van der Waals surface area contributed by atoms with Gasteiger partial charge in [0.2, 0.25) is 0 Å². The third-order valence-electron chi connectivity index (χ3n) is 2.39. The summed E-state index contributed by atoms with van der Waals surface area (Å²) >= 11 is 0.746. The number of benzene rings is 1. The van der Waals surface area contributed by atoms with E-state index in [1.165, 1.54) is 12.1 Å². The van der Waals surface area contributed by atoms with Gasteiger partial charge in [-0.1, -0.05) is 12.1 Å². The van der Waals surface area contributed by atoms with Crippen molar-refractivity contribution in [2.45, 2.75) is 6.54 Å². The number of nitro groups is 1. The Labute approximate surface area is 128 Å². The van der Waals surface area contributed by atoms with E-state index in [2.05, 4.69) is 15.6 Å². The molecular formula is C12H12N4O4S. The first kappa shape index (κ1) is 11.0. The Morgan fingerprint density at radius 2 is 2.29 bits per heavy atom. The summed E-state index contributed by atoms with van der Waals surface area (Å²) in [6.07, 6.45) is 1.06. The molecule has 9 heteroatoms. The number of urea groups is 1. The van der Waals surface area contributed by atoms with Gasteiger partial charge in [-0.25, -0.2) is 9.78 Å². The molecule has 110 valence electrons. The van der Waals surface area contributed by atoms with E-state index in [1.807, 2.05) is 0 Å². The molecular weight excluding hydrogens is 296 g/mol. The van der Waals surface area contributed by atoms with Gasteiger partial charge < -0.3 is 10.1 Å². The van der Waals surface area contributed by atoms with Crippen LogP contribution in [0.15, 0.2) is 30.5 Å². The molecule has 0 atom stereocenters. The second-order valence-corrected chi connectivity index (χ2v) is 4.82. The van der Waals surface area contributed by atoms with E-state index in [9.17, 15) is 14.9 Å². The fraction of sp³-hybridized carbons (Fsp3) is 0.167. The van der Waals surface area contributed by atoms with Gasteiger partial charge in [-0.2, -0.15) is 0 Å². The molecule has 0 saturated heterocycles. The number of amides is 2. The minimum atomic E-state index is -2.52. The highest BCUT2D eigenvalue weighted by Crippen LogP contribution is 2.24. The number of hydrogen-bond acceptors (Lipinski definition) is 6. The Morgan fingerprint density at radius 3 is 2.90 bits per heavy atom. The van der Waals surface area contributed by atoms with Crippen LogP contribution in [0.25, 0.3) is 0 Å². The molecule has 2 rings (SSSR count). The van der Waals surface area contributed by atoms with Crippen LogP contribution < -0.4 is 15.4 Å². The average molecular weight is 311 g/mol. The maximum absolute atomic E-state index is 11.7. The van der Waals surface area contributed by atoms with Crippen molar-refractivity contribution in [3.8, 4) is 5.75 Å². The number of aromatic nitrogens is 1. The first-order chi connectivity index (χ1) is 11.2. The molecule has 0 aliphatic rings. The summed E-state index contributed by atoms with van der Waals surface area (Å²) in [5.74, 6) is 0.193. The predicted molar refractivity (Wildman–Crippen MR) is 77.6 cm³/mol. The van der Waals surface area contributed by atoms with Crippen molar-refractivity contribution >= 4 is 27.5 Å². The maximum atomic E-state index is 11.7. The van der Waals surface area contributed by atoms with E-state index < -0.39 is 18.0 Å². The molecule has 1 aromatic heterocycles. The number of carbonyl (C=O) groups excluding carboxylic acids is 1. The van der Waals surface area contributed by atoms with Crippen LogP contribution >= 0.6 is 11.3 Å². The number of rotatable bonds is 5. The zero-order valence-corrected chi connectivity index (χ0v) is 11.3. The highest BCUT2D eigenvalue weighted by Gasteiger charge is 2.13. The van der Waals surface area contributed by atoms with E-state index in [0.29, 0.717) is 5.56 Å². The topological polar surface area (TPSA) is 106 Å². The lowest BCUT2D eigenvalue weighted by Gasteiger charge is -2.06. The standard InChI is InChI=1S/C12H12N4O4S/c1-20-9-4-2-8(3-5-9)6-13-11(17)15-12-14-7-10(21-12)16(18)19/h2-5,7H,6H2,1H3,(H2,13,14,15,17)/i1D3. The number of methoxy groups -OCH3 is 1. The van der Waals surface area contributed by atoms with Crippen molar-refractivity contribution in [2.75, 3.05) is 12.4 Å². The second-order valence-electron chi connectivity index (χ2n) is 3.81. The lowest BCUT2D eigenvalue weighted by Crippen LogP contribution is -2.28. The van der Waals surface area contributed by atoms with E-state index >= 15 is 0 Å². The molecule has 0 radical (unpaired) electrons. The fourth-order valence-electron chi connectivity index (χ4n) is 1.41. The first-order valence-electron chi connectivity index (χ1n) is 7.16. The molecule has 0 aliphatic heterocycles. The van der Waals surface area contributed by atoms with Crippen molar-refractivity contribution in [1.82, 2.24) is 10.3 Å². The Balaban J connectivity index is 1.83. The quantitative estimate of drug-likeness (QED) is 0.651. The third-order valence-corrected chi connectivity index (χ3v) is 3.25. The Kier molecular flexibility index (Phi) is 3.50. The van der Waals surface area contributed by atoms with Crippen LogP contribution in [0.1, 0.15) is 9.68 Å². The molecule has 0 bridgehead atoms. The summed E-state index contributed by atoms with van der Waals surface area (Å²) in [6, 6.07) is 5.60. The largest absolute Gasteiger partial charge is 0.497 e. The fourth-order valence-corrected chi connectivity index (χ4v) is 2.03. The highest BCUT2D eigenvalue weighted by molar-refractivity contribution is 7.18. The van der Waals surface area contributed by atoms with Gasteiger partial charge in [0, 0.05) is 6.54 Å². The Morgan fingerprint density at radius 1 is 1.52 bits per heavy atom. The van der Waals surface area contributed by atoms with Crippen molar-refractivity contribution in [1.29, 1.82) is 0 Å². The maximum Gasteiger partial charge on any atom is 0.345 e. The van der Waals surface area contributed by atoms with Crippen LogP contribution in [0.2, 0.25) is 0 Å². The molecule has 0 fully saturated rings. The van der Waals surface area contributed by atoms with Gasteiger partial charge in [0.05, 0.1) is 16.1 Å². The van der Waals surface area contributed by atoms with Gasteiger partial charge in [-0.3, -0.25) is 15.4 Å². The molecule has 0 unspecified atom stereocenters. The molecule has 2 amide bonds. The normalized spacial score (nSPS) is 12.7. The van der Waals surface area contributed by atoms with Crippen LogP contribution in [-0.2, 0) is 6.54 Å². The van der Waals surface area contributed by atoms with E-state index in [0.717, 1.165) is 17.5 Å². The lowest BCUT2D eigenvalue weighted by atomic mass is 10.2. The number of hydrogen-bond donors (Lipinski definition) is 2. The summed E-state index contributed by atoms with van der Waals surface area (Å²) in [4.78, 5) is 25.3. The van der Waals surface area contributed by atoms with Gasteiger partial charge in [-0.15, -0.1) is 0 Å². The van der Waals surface area contributed by atoms with Crippen LogP contribution in [0.5, 0.6) is 5.75 Å². The van der Waals surface area contributed by atoms with Crippen molar-refractivity contribution in [2.24, 2.45) is 0 Å². The molecule has 21 heavy (non-hydrogen) atoms. The molecule has 0 saturated carbocycles. The zero-order valence-electron chi connectivity index (χ0n) is 13.5. The molecule has 0 spiro atoms. The van der Waals surface area contributed by atoms with Gasteiger partial charge in [0.1, 0.15) is 11.9 Å². The number of nitrogens with zero attached hydrogens (tertiary/aromatic N) is 2. The predicted octanol–water partition coefficient (Wildman–Crippen LogP) is 2.38.